The fraction of sp³-hybridized carbons (Fsp3) is 0.724. The fourth-order valence-corrected chi connectivity index (χ4v) is 10.5. The lowest BCUT2D eigenvalue weighted by molar-refractivity contribution is -0.269. The number of fused-ring (bicyclic) bond motifs is 2. The minimum Gasteiger partial charge on any atom is -0.462 e. The second kappa shape index (κ2) is 7.55. The fourth-order valence-electron chi connectivity index (χ4n) is 10.5. The van der Waals surface area contributed by atoms with Crippen molar-refractivity contribution in [2.75, 3.05) is 20.2 Å². The van der Waals surface area contributed by atoms with Crippen LogP contribution < -0.4 is 0 Å². The first-order valence-electron chi connectivity index (χ1n) is 13.8. The van der Waals surface area contributed by atoms with Gasteiger partial charge in [0, 0.05) is 36.9 Å². The van der Waals surface area contributed by atoms with E-state index in [1.165, 1.54) is 0 Å². The number of ether oxygens (including phenoxy) is 3. The second-order valence-electron chi connectivity index (χ2n) is 12.6. The minimum absolute atomic E-state index is 0.00435. The van der Waals surface area contributed by atoms with Gasteiger partial charge in [0.2, 0.25) is 0 Å². The first kappa shape index (κ1) is 23.2. The molecule has 9 bridgehead atoms. The number of aliphatic hydroxyl groups is 1. The molecule has 8 rings (SSSR count). The van der Waals surface area contributed by atoms with Crippen LogP contribution in [0.25, 0.3) is 0 Å². The lowest BCUT2D eigenvalue weighted by Gasteiger charge is -2.69. The van der Waals surface area contributed by atoms with Gasteiger partial charge in [0.1, 0.15) is 12.2 Å². The summed E-state index contributed by atoms with van der Waals surface area (Å²) >= 11 is 0. The molecule has 4 aliphatic carbocycles. The Labute approximate surface area is 212 Å². The van der Waals surface area contributed by atoms with Crippen LogP contribution in [-0.2, 0) is 19.0 Å². The van der Waals surface area contributed by atoms with Crippen molar-refractivity contribution in [1.82, 2.24) is 4.90 Å². The van der Waals surface area contributed by atoms with Crippen molar-refractivity contribution in [3.05, 3.63) is 35.9 Å². The van der Waals surface area contributed by atoms with Gasteiger partial charge in [-0.1, -0.05) is 32.0 Å². The highest BCUT2D eigenvalue weighted by Gasteiger charge is 2.85. The highest BCUT2D eigenvalue weighted by atomic mass is 16.6. The molecule has 7 heteroatoms. The maximum absolute atomic E-state index is 13.5. The van der Waals surface area contributed by atoms with Gasteiger partial charge < -0.3 is 19.3 Å². The van der Waals surface area contributed by atoms with Gasteiger partial charge >= 0.3 is 11.9 Å². The van der Waals surface area contributed by atoms with Crippen LogP contribution in [0.4, 0.5) is 0 Å². The molecule has 0 radical (unpaired) electrons. The molecule has 11 atom stereocenters. The summed E-state index contributed by atoms with van der Waals surface area (Å²) < 4.78 is 18.7. The summed E-state index contributed by atoms with van der Waals surface area (Å²) in [5, 5.41) is 12.6. The Morgan fingerprint density at radius 3 is 2.72 bits per heavy atom. The zero-order valence-electron chi connectivity index (χ0n) is 21.4. The monoisotopic (exact) mass is 495 g/mol. The molecule has 1 aromatic rings. The van der Waals surface area contributed by atoms with E-state index >= 15 is 0 Å². The average molecular weight is 496 g/mol. The van der Waals surface area contributed by atoms with Gasteiger partial charge in [-0.3, -0.25) is 9.69 Å². The molecule has 7 fully saturated rings. The zero-order valence-corrected chi connectivity index (χ0v) is 21.4. The molecule has 1 aromatic carbocycles. The largest absolute Gasteiger partial charge is 0.462 e. The standard InChI is InChI=1S/C29H37NO6/c1-4-30-15-27(2)12-11-19(34-3)29-18-14-17-10-13-28(33,20(18)26(32)35-17)21(24(29)30)22(23(27)29)36-25(31)16-8-6-5-7-9-16/h5-9,17-24,33H,4,10-15H2,1-3H3/t17-,18-,19+,20-,21+,22-,23-,24-,27+,28-,29+/m1/s1. The van der Waals surface area contributed by atoms with Crippen LogP contribution in [0.5, 0.6) is 0 Å². The third kappa shape index (κ3) is 2.60. The maximum Gasteiger partial charge on any atom is 0.338 e. The smallest absolute Gasteiger partial charge is 0.338 e. The SMILES string of the molecule is CCN1C[C@]2(C)CC[C@H](OC)[C@@]34[C@@H]5C[C@H]6CC[C@](O)([C@@H]([C@@H](OC(=O)c7ccccc7)[C@H]23)[C@@H]14)[C@H]5C(=O)O6. The summed E-state index contributed by atoms with van der Waals surface area (Å²) in [6.07, 6.45) is 3.10. The molecule has 3 heterocycles. The number of nitrogens with zero attached hydrogens (tertiary/aromatic N) is 1. The molecule has 1 N–H and O–H groups in total. The third-order valence-corrected chi connectivity index (χ3v) is 11.3. The van der Waals surface area contributed by atoms with Gasteiger partial charge in [0.25, 0.3) is 0 Å². The molecule has 36 heavy (non-hydrogen) atoms. The highest BCUT2D eigenvalue weighted by molar-refractivity contribution is 5.89. The van der Waals surface area contributed by atoms with Crippen LogP contribution in [-0.4, -0.2) is 72.1 Å². The minimum atomic E-state index is -1.27. The number of piperidine rings is 1. The molecular weight excluding hydrogens is 458 g/mol. The lowest BCUT2D eigenvalue weighted by atomic mass is 9.42. The Morgan fingerprint density at radius 1 is 1.22 bits per heavy atom. The summed E-state index contributed by atoms with van der Waals surface area (Å²) in [5.41, 5.74) is -1.23. The van der Waals surface area contributed by atoms with Gasteiger partial charge in [0.05, 0.1) is 23.2 Å². The molecule has 7 aliphatic rings. The van der Waals surface area contributed by atoms with Crippen molar-refractivity contribution < 1.29 is 28.9 Å². The molecule has 1 spiro atoms. The van der Waals surface area contributed by atoms with E-state index in [1.807, 2.05) is 18.2 Å². The van der Waals surface area contributed by atoms with Crippen molar-refractivity contribution in [2.24, 2.45) is 34.5 Å². The van der Waals surface area contributed by atoms with E-state index in [0.717, 1.165) is 32.4 Å². The first-order chi connectivity index (χ1) is 17.3. The van der Waals surface area contributed by atoms with Crippen LogP contribution in [0.1, 0.15) is 56.3 Å². The van der Waals surface area contributed by atoms with Crippen molar-refractivity contribution in [2.45, 2.75) is 75.9 Å². The molecule has 0 unspecified atom stereocenters. The van der Waals surface area contributed by atoms with E-state index < -0.39 is 17.6 Å². The molecule has 3 saturated heterocycles. The van der Waals surface area contributed by atoms with E-state index in [-0.39, 0.29) is 58.8 Å². The summed E-state index contributed by atoms with van der Waals surface area (Å²) in [5.74, 6) is -1.62. The number of rotatable bonds is 4. The van der Waals surface area contributed by atoms with Crippen molar-refractivity contribution in [3.8, 4) is 0 Å². The Balaban J connectivity index is 1.46. The Morgan fingerprint density at radius 2 is 2.00 bits per heavy atom. The van der Waals surface area contributed by atoms with E-state index in [4.69, 9.17) is 14.2 Å². The van der Waals surface area contributed by atoms with Crippen molar-refractivity contribution >= 4 is 11.9 Å². The molecule has 0 aromatic heterocycles. The number of carbonyl (C=O) groups excluding carboxylic acids is 2. The maximum atomic E-state index is 13.5. The van der Waals surface area contributed by atoms with Gasteiger partial charge in [-0.05, 0) is 62.1 Å². The van der Waals surface area contributed by atoms with Crippen LogP contribution >= 0.6 is 0 Å². The number of hydrogen-bond acceptors (Lipinski definition) is 7. The normalized spacial score (nSPS) is 50.4. The molecular formula is C29H37NO6. The van der Waals surface area contributed by atoms with E-state index in [1.54, 1.807) is 19.2 Å². The Bertz CT molecular complexity index is 1090. The molecule has 0 amide bonds. The number of esters is 2. The van der Waals surface area contributed by atoms with Crippen LogP contribution in [0.2, 0.25) is 0 Å². The summed E-state index contributed by atoms with van der Waals surface area (Å²) in [7, 11) is 1.79. The van der Waals surface area contributed by atoms with E-state index in [2.05, 4.69) is 18.7 Å². The van der Waals surface area contributed by atoms with Crippen molar-refractivity contribution in [1.29, 1.82) is 0 Å². The second-order valence-corrected chi connectivity index (χ2v) is 12.6. The Kier molecular flexibility index (Phi) is 4.86. The topological polar surface area (TPSA) is 85.3 Å². The third-order valence-electron chi connectivity index (χ3n) is 11.3. The summed E-state index contributed by atoms with van der Waals surface area (Å²) in [6.45, 7) is 6.29. The van der Waals surface area contributed by atoms with Crippen molar-refractivity contribution in [3.63, 3.8) is 0 Å². The summed E-state index contributed by atoms with van der Waals surface area (Å²) in [4.78, 5) is 29.6. The van der Waals surface area contributed by atoms with Gasteiger partial charge in [0.15, 0.2) is 0 Å². The van der Waals surface area contributed by atoms with E-state index in [9.17, 15) is 14.7 Å². The predicted molar refractivity (Wildman–Crippen MR) is 130 cm³/mol. The molecule has 7 nitrogen and oxygen atoms in total. The van der Waals surface area contributed by atoms with Crippen LogP contribution in [0.3, 0.4) is 0 Å². The number of methoxy groups -OCH3 is 1. The molecule has 194 valence electrons. The number of benzene rings is 1. The number of hydrogen-bond donors (Lipinski definition) is 1. The predicted octanol–water partition coefficient (Wildman–Crippen LogP) is 3.05. The molecule has 3 aliphatic heterocycles. The zero-order chi connectivity index (χ0) is 25.0. The highest BCUT2D eigenvalue weighted by Crippen LogP contribution is 2.77. The van der Waals surface area contributed by atoms with Crippen LogP contribution in [0, 0.1) is 34.5 Å². The summed E-state index contributed by atoms with van der Waals surface area (Å²) in [6, 6.07) is 9.13. The lowest BCUT2D eigenvalue weighted by Crippen LogP contribution is -2.76. The average Bonchev–Trinajstić information content (AvgIpc) is 2.92. The van der Waals surface area contributed by atoms with E-state index in [0.29, 0.717) is 18.4 Å². The number of carbonyl (C=O) groups is 2. The number of likely N-dealkylation sites (tertiary alicyclic amines) is 1. The first-order valence-corrected chi connectivity index (χ1v) is 13.8. The quantitative estimate of drug-likeness (QED) is 0.643. The molecule has 4 saturated carbocycles. The van der Waals surface area contributed by atoms with Crippen LogP contribution in [0.15, 0.2) is 30.3 Å². The van der Waals surface area contributed by atoms with Gasteiger partial charge in [-0.25, -0.2) is 4.79 Å². The van der Waals surface area contributed by atoms with Gasteiger partial charge in [-0.2, -0.15) is 0 Å². The Hall–Kier alpha value is -1.96. The van der Waals surface area contributed by atoms with Gasteiger partial charge in [-0.15, -0.1) is 0 Å².